The lowest BCUT2D eigenvalue weighted by atomic mass is 10.0. The van der Waals surface area contributed by atoms with Crippen LogP contribution < -0.4 is 10.6 Å². The molecule has 8 heteroatoms. The largest absolute Gasteiger partial charge is 0.388 e. The average molecular weight is 389 g/mol. The minimum atomic E-state index is -0.879. The topological polar surface area (TPSA) is 87.9 Å². The molecule has 1 aromatic carbocycles. The number of anilines is 2. The Morgan fingerprint density at radius 1 is 1.26 bits per heavy atom. The van der Waals surface area contributed by atoms with Crippen LogP contribution in [0, 0.1) is 0 Å². The molecule has 7 nitrogen and oxygen atoms in total. The molecule has 0 fully saturated rings. The van der Waals surface area contributed by atoms with Crippen molar-refractivity contribution in [2.45, 2.75) is 38.8 Å². The summed E-state index contributed by atoms with van der Waals surface area (Å²) in [6.07, 6.45) is 2.48. The number of aliphatic hydroxyl groups is 1. The number of imidazole rings is 1. The van der Waals surface area contributed by atoms with Gasteiger partial charge in [-0.05, 0) is 38.8 Å². The van der Waals surface area contributed by atoms with Crippen molar-refractivity contribution in [3.8, 4) is 0 Å². The van der Waals surface area contributed by atoms with Crippen LogP contribution in [0.25, 0.3) is 11.2 Å². The molecule has 0 unspecified atom stereocenters. The molecule has 0 radical (unpaired) electrons. The highest BCUT2D eigenvalue weighted by atomic mass is 35.5. The number of hydrogen-bond acceptors (Lipinski definition) is 6. The number of rotatable bonds is 7. The molecule has 27 heavy (non-hydrogen) atoms. The Labute approximate surface area is 163 Å². The number of nitrogens with one attached hydrogen (secondary N) is 2. The van der Waals surface area contributed by atoms with Gasteiger partial charge in [0.05, 0.1) is 17.8 Å². The van der Waals surface area contributed by atoms with Crippen LogP contribution in [0.2, 0.25) is 5.02 Å². The van der Waals surface area contributed by atoms with E-state index in [1.165, 1.54) is 0 Å². The first kappa shape index (κ1) is 19.4. The molecule has 3 rings (SSSR count). The van der Waals surface area contributed by atoms with Crippen LogP contribution in [0.5, 0.6) is 0 Å². The zero-order valence-electron chi connectivity index (χ0n) is 16.0. The number of fused-ring (bicyclic) bond motifs is 1. The summed E-state index contributed by atoms with van der Waals surface area (Å²) in [5, 5.41) is 17.3. The molecule has 2 heterocycles. The molecule has 1 atom stereocenters. The highest BCUT2D eigenvalue weighted by Gasteiger charge is 2.23. The predicted molar refractivity (Wildman–Crippen MR) is 109 cm³/mol. The Morgan fingerprint density at radius 2 is 2.00 bits per heavy atom. The molecule has 0 spiro atoms. The third-order valence-electron chi connectivity index (χ3n) is 4.65. The molecule has 0 saturated heterocycles. The Hall–Kier alpha value is -2.38. The van der Waals surface area contributed by atoms with Crippen LogP contribution in [0.1, 0.15) is 26.3 Å². The van der Waals surface area contributed by atoms with Crippen LogP contribution in [-0.2, 0) is 13.5 Å². The van der Waals surface area contributed by atoms with Gasteiger partial charge in [-0.1, -0.05) is 29.8 Å². The second kappa shape index (κ2) is 7.70. The van der Waals surface area contributed by atoms with E-state index in [-0.39, 0.29) is 6.04 Å². The van der Waals surface area contributed by atoms with Gasteiger partial charge in [0.1, 0.15) is 5.52 Å². The highest BCUT2D eigenvalue weighted by molar-refractivity contribution is 6.31. The van der Waals surface area contributed by atoms with Crippen molar-refractivity contribution >= 4 is 34.7 Å². The second-order valence-electron chi connectivity index (χ2n) is 7.18. The van der Waals surface area contributed by atoms with E-state index in [0.29, 0.717) is 18.0 Å². The molecule has 2 aromatic heterocycles. The van der Waals surface area contributed by atoms with E-state index >= 15 is 0 Å². The number of nitrogens with zero attached hydrogens (tertiary/aromatic N) is 4. The number of aryl methyl sites for hydroxylation is 1. The maximum Gasteiger partial charge on any atom is 0.225 e. The number of benzene rings is 1. The molecule has 0 aliphatic carbocycles. The van der Waals surface area contributed by atoms with Crippen molar-refractivity contribution in [3.05, 3.63) is 41.0 Å². The predicted octanol–water partition coefficient (Wildman–Crippen LogP) is 3.24. The molecule has 0 aliphatic heterocycles. The van der Waals surface area contributed by atoms with Crippen molar-refractivity contribution in [2.24, 2.45) is 7.05 Å². The van der Waals surface area contributed by atoms with Crippen molar-refractivity contribution in [1.82, 2.24) is 19.5 Å². The number of aromatic nitrogens is 4. The van der Waals surface area contributed by atoms with Crippen molar-refractivity contribution in [3.63, 3.8) is 0 Å². The van der Waals surface area contributed by atoms with Crippen LogP contribution in [-0.4, -0.2) is 42.8 Å². The van der Waals surface area contributed by atoms with Crippen LogP contribution in [0.15, 0.2) is 30.5 Å². The lowest BCUT2D eigenvalue weighted by Crippen LogP contribution is -2.39. The zero-order chi connectivity index (χ0) is 19.6. The van der Waals surface area contributed by atoms with Gasteiger partial charge >= 0.3 is 0 Å². The van der Waals surface area contributed by atoms with Gasteiger partial charge in [0.25, 0.3) is 0 Å². The van der Waals surface area contributed by atoms with Crippen molar-refractivity contribution in [2.75, 3.05) is 17.2 Å². The molecular weight excluding hydrogens is 364 g/mol. The molecule has 0 saturated carbocycles. The minimum absolute atomic E-state index is 0.198. The van der Waals surface area contributed by atoms with Gasteiger partial charge < -0.3 is 15.7 Å². The lowest BCUT2D eigenvalue weighted by Gasteiger charge is -2.26. The summed E-state index contributed by atoms with van der Waals surface area (Å²) in [6, 6.07) is 7.62. The van der Waals surface area contributed by atoms with E-state index in [4.69, 9.17) is 11.6 Å². The lowest BCUT2D eigenvalue weighted by molar-refractivity contribution is 0.0646. The summed E-state index contributed by atoms with van der Waals surface area (Å²) in [5.41, 5.74) is 1.64. The molecule has 0 bridgehead atoms. The van der Waals surface area contributed by atoms with Gasteiger partial charge in [-0.15, -0.1) is 0 Å². The average Bonchev–Trinajstić information content (AvgIpc) is 2.92. The number of halogens is 1. The van der Waals surface area contributed by atoms with E-state index in [2.05, 4.69) is 25.6 Å². The third-order valence-corrected chi connectivity index (χ3v) is 5.02. The fourth-order valence-corrected chi connectivity index (χ4v) is 2.82. The Morgan fingerprint density at radius 3 is 2.70 bits per heavy atom. The smallest absolute Gasteiger partial charge is 0.225 e. The number of hydrogen-bond donors (Lipinski definition) is 3. The first-order valence-corrected chi connectivity index (χ1v) is 9.29. The second-order valence-corrected chi connectivity index (χ2v) is 7.59. The van der Waals surface area contributed by atoms with E-state index in [1.807, 2.05) is 42.8 Å². The van der Waals surface area contributed by atoms with Gasteiger partial charge in [0.15, 0.2) is 5.65 Å². The first-order valence-electron chi connectivity index (χ1n) is 8.91. The Bertz CT molecular complexity index is 934. The SMILES string of the molecule is C[C@H](Nc1ncc2nc(NCCc3ccccc3Cl)n(C)c2n1)C(C)(C)O. The summed E-state index contributed by atoms with van der Waals surface area (Å²) >= 11 is 6.20. The molecule has 3 N–H and O–H groups in total. The Kier molecular flexibility index (Phi) is 5.53. The molecule has 3 aromatic rings. The fourth-order valence-electron chi connectivity index (χ4n) is 2.59. The van der Waals surface area contributed by atoms with E-state index in [9.17, 15) is 5.11 Å². The third kappa shape index (κ3) is 4.48. The minimum Gasteiger partial charge on any atom is -0.388 e. The molecule has 0 amide bonds. The fraction of sp³-hybridized carbons (Fsp3) is 0.421. The van der Waals surface area contributed by atoms with Crippen molar-refractivity contribution in [1.29, 1.82) is 0 Å². The maximum atomic E-state index is 10.1. The van der Waals surface area contributed by atoms with E-state index in [0.717, 1.165) is 28.6 Å². The summed E-state index contributed by atoms with van der Waals surface area (Å²) in [5.74, 6) is 1.18. The molecular formula is C19H25ClN6O. The molecule has 0 aliphatic rings. The summed E-state index contributed by atoms with van der Waals surface area (Å²) in [4.78, 5) is 13.4. The van der Waals surface area contributed by atoms with Crippen LogP contribution in [0.4, 0.5) is 11.9 Å². The maximum absolute atomic E-state index is 10.1. The quantitative estimate of drug-likeness (QED) is 0.576. The standard InChI is InChI=1S/C19H25ClN6O/c1-12(19(2,3)27)23-17-22-11-15-16(25-17)26(4)18(24-15)21-10-9-13-7-5-6-8-14(13)20/h5-8,11-12,27H,9-10H2,1-4H3,(H,21,24)(H,22,23,25)/t12-/m0/s1. The van der Waals surface area contributed by atoms with Crippen molar-refractivity contribution < 1.29 is 5.11 Å². The van der Waals surface area contributed by atoms with E-state index < -0.39 is 5.60 Å². The van der Waals surface area contributed by atoms with Gasteiger partial charge in [-0.25, -0.2) is 9.97 Å². The summed E-state index contributed by atoms with van der Waals surface area (Å²) < 4.78 is 1.89. The van der Waals surface area contributed by atoms with Gasteiger partial charge in [0.2, 0.25) is 11.9 Å². The summed E-state index contributed by atoms with van der Waals surface area (Å²) in [7, 11) is 1.91. The summed E-state index contributed by atoms with van der Waals surface area (Å²) in [6.45, 7) is 6.08. The normalized spacial score (nSPS) is 13.0. The van der Waals surface area contributed by atoms with Gasteiger partial charge in [0, 0.05) is 18.6 Å². The van der Waals surface area contributed by atoms with E-state index in [1.54, 1.807) is 20.0 Å². The van der Waals surface area contributed by atoms with Crippen LogP contribution in [0.3, 0.4) is 0 Å². The molecule has 144 valence electrons. The van der Waals surface area contributed by atoms with Gasteiger partial charge in [-0.2, -0.15) is 4.98 Å². The Balaban J connectivity index is 1.72. The van der Waals surface area contributed by atoms with Gasteiger partial charge in [-0.3, -0.25) is 4.57 Å². The zero-order valence-corrected chi connectivity index (χ0v) is 16.7. The van der Waals surface area contributed by atoms with Crippen LogP contribution >= 0.6 is 11.6 Å². The first-order chi connectivity index (χ1) is 12.8. The highest BCUT2D eigenvalue weighted by Crippen LogP contribution is 2.20. The monoisotopic (exact) mass is 388 g/mol.